The summed E-state index contributed by atoms with van der Waals surface area (Å²) in [6, 6.07) is 6.23. The van der Waals surface area contributed by atoms with Crippen LogP contribution in [0.25, 0.3) is 0 Å². The summed E-state index contributed by atoms with van der Waals surface area (Å²) in [7, 11) is 0. The summed E-state index contributed by atoms with van der Waals surface area (Å²) in [4.78, 5) is 14.5. The first kappa shape index (κ1) is 13.0. The van der Waals surface area contributed by atoms with Gasteiger partial charge in [0.2, 0.25) is 0 Å². The van der Waals surface area contributed by atoms with Crippen molar-refractivity contribution in [2.24, 2.45) is 0 Å². The number of aryl methyl sites for hydroxylation is 1. The maximum absolute atomic E-state index is 12.7. The summed E-state index contributed by atoms with van der Waals surface area (Å²) in [5, 5.41) is 10.6. The van der Waals surface area contributed by atoms with Crippen LogP contribution in [0.2, 0.25) is 0 Å². The summed E-state index contributed by atoms with van der Waals surface area (Å²) >= 11 is 1.81. The van der Waals surface area contributed by atoms with Gasteiger partial charge in [-0.15, -0.1) is 0 Å². The van der Waals surface area contributed by atoms with E-state index in [0.29, 0.717) is 19.4 Å². The van der Waals surface area contributed by atoms with Gasteiger partial charge in [0.1, 0.15) is 5.60 Å². The van der Waals surface area contributed by atoms with Crippen molar-refractivity contribution in [3.63, 3.8) is 0 Å². The van der Waals surface area contributed by atoms with Crippen LogP contribution in [-0.4, -0.2) is 34.7 Å². The number of benzene rings is 1. The second kappa shape index (κ2) is 4.84. The van der Waals surface area contributed by atoms with E-state index in [1.54, 1.807) is 4.90 Å². The van der Waals surface area contributed by atoms with Gasteiger partial charge in [0.05, 0.1) is 0 Å². The molecule has 1 amide bonds. The molecule has 102 valence electrons. The standard InChI is InChI=1S/C15H19NO2S/c1-11-2-3-12-4-7-16(13(12)10-11)14(17)15(18)5-8-19-9-6-15/h2-3,10,18H,4-9H2,1H3. The third-order valence-corrected chi connectivity index (χ3v) is 5.09. The fraction of sp³-hybridized carbons (Fsp3) is 0.533. The highest BCUT2D eigenvalue weighted by molar-refractivity contribution is 7.99. The highest BCUT2D eigenvalue weighted by Crippen LogP contribution is 2.34. The van der Waals surface area contributed by atoms with Gasteiger partial charge in [-0.3, -0.25) is 4.79 Å². The molecule has 0 saturated carbocycles. The fourth-order valence-electron chi connectivity index (χ4n) is 2.87. The van der Waals surface area contributed by atoms with E-state index < -0.39 is 5.60 Å². The average molecular weight is 277 g/mol. The summed E-state index contributed by atoms with van der Waals surface area (Å²) in [6.07, 6.45) is 2.05. The molecule has 1 N–H and O–H groups in total. The quantitative estimate of drug-likeness (QED) is 0.855. The molecule has 3 rings (SSSR count). The molecule has 2 aliphatic rings. The van der Waals surface area contributed by atoms with Gasteiger partial charge in [0.15, 0.2) is 0 Å². The molecule has 0 aliphatic carbocycles. The normalized spacial score (nSPS) is 21.3. The predicted octanol–water partition coefficient (Wildman–Crippen LogP) is 2.14. The highest BCUT2D eigenvalue weighted by atomic mass is 32.2. The van der Waals surface area contributed by atoms with E-state index in [1.165, 1.54) is 5.56 Å². The third-order valence-electron chi connectivity index (χ3n) is 4.10. The zero-order chi connectivity index (χ0) is 13.5. The van der Waals surface area contributed by atoms with Crippen LogP contribution >= 0.6 is 11.8 Å². The lowest BCUT2D eigenvalue weighted by Crippen LogP contribution is -2.50. The highest BCUT2D eigenvalue weighted by Gasteiger charge is 2.42. The second-order valence-electron chi connectivity index (χ2n) is 5.48. The monoisotopic (exact) mass is 277 g/mol. The molecule has 1 saturated heterocycles. The number of rotatable bonds is 1. The predicted molar refractivity (Wildman–Crippen MR) is 78.7 cm³/mol. The minimum Gasteiger partial charge on any atom is -0.380 e. The number of amides is 1. The first-order valence-corrected chi connectivity index (χ1v) is 7.97. The summed E-state index contributed by atoms with van der Waals surface area (Å²) in [6.45, 7) is 2.74. The van der Waals surface area contributed by atoms with Gasteiger partial charge in [0, 0.05) is 12.2 Å². The van der Waals surface area contributed by atoms with Gasteiger partial charge in [-0.1, -0.05) is 12.1 Å². The lowest BCUT2D eigenvalue weighted by molar-refractivity contribution is -0.137. The van der Waals surface area contributed by atoms with E-state index in [4.69, 9.17) is 0 Å². The lowest BCUT2D eigenvalue weighted by Gasteiger charge is -2.34. The molecule has 3 nitrogen and oxygen atoms in total. The van der Waals surface area contributed by atoms with Crippen molar-refractivity contribution >= 4 is 23.4 Å². The van der Waals surface area contributed by atoms with Crippen molar-refractivity contribution in [2.45, 2.75) is 31.8 Å². The van der Waals surface area contributed by atoms with E-state index in [2.05, 4.69) is 18.2 Å². The van der Waals surface area contributed by atoms with E-state index in [9.17, 15) is 9.90 Å². The number of carbonyl (C=O) groups excluding carboxylic acids is 1. The molecule has 0 radical (unpaired) electrons. The number of hydrogen-bond donors (Lipinski definition) is 1. The Hall–Kier alpha value is -1.000. The van der Waals surface area contributed by atoms with Crippen LogP contribution in [0.1, 0.15) is 24.0 Å². The zero-order valence-corrected chi connectivity index (χ0v) is 12.0. The van der Waals surface area contributed by atoms with Crippen LogP contribution in [0.3, 0.4) is 0 Å². The molecule has 1 aromatic carbocycles. The molecule has 2 heterocycles. The number of hydrogen-bond acceptors (Lipinski definition) is 3. The maximum atomic E-state index is 12.7. The molecular formula is C15H19NO2S. The Labute approximate surface area is 118 Å². The summed E-state index contributed by atoms with van der Waals surface area (Å²) in [5.41, 5.74) is 2.23. The van der Waals surface area contributed by atoms with Crippen molar-refractivity contribution in [3.8, 4) is 0 Å². The van der Waals surface area contributed by atoms with Gasteiger partial charge >= 0.3 is 0 Å². The Morgan fingerprint density at radius 3 is 2.84 bits per heavy atom. The number of aliphatic hydroxyl groups is 1. The van der Waals surface area contributed by atoms with Crippen LogP contribution in [0.5, 0.6) is 0 Å². The Kier molecular flexibility index (Phi) is 3.31. The minimum atomic E-state index is -1.14. The largest absolute Gasteiger partial charge is 0.380 e. The second-order valence-corrected chi connectivity index (χ2v) is 6.71. The van der Waals surface area contributed by atoms with Crippen LogP contribution < -0.4 is 4.90 Å². The molecular weight excluding hydrogens is 258 g/mol. The molecule has 0 atom stereocenters. The van der Waals surface area contributed by atoms with E-state index in [1.807, 2.05) is 18.7 Å². The average Bonchev–Trinajstić information content (AvgIpc) is 2.81. The van der Waals surface area contributed by atoms with Crippen molar-refractivity contribution in [2.75, 3.05) is 23.0 Å². The van der Waals surface area contributed by atoms with Crippen molar-refractivity contribution in [1.29, 1.82) is 0 Å². The molecule has 0 spiro atoms. The Morgan fingerprint density at radius 2 is 2.11 bits per heavy atom. The van der Waals surface area contributed by atoms with E-state index >= 15 is 0 Å². The van der Waals surface area contributed by atoms with E-state index in [0.717, 1.165) is 29.2 Å². The zero-order valence-electron chi connectivity index (χ0n) is 11.2. The number of carbonyl (C=O) groups is 1. The molecule has 0 bridgehead atoms. The Morgan fingerprint density at radius 1 is 1.37 bits per heavy atom. The van der Waals surface area contributed by atoms with Gasteiger partial charge in [-0.2, -0.15) is 11.8 Å². The Bertz CT molecular complexity index is 509. The number of fused-ring (bicyclic) bond motifs is 1. The van der Waals surface area contributed by atoms with Crippen LogP contribution in [0.15, 0.2) is 18.2 Å². The fourth-order valence-corrected chi connectivity index (χ4v) is 4.04. The molecule has 2 aliphatic heterocycles. The third kappa shape index (κ3) is 2.28. The van der Waals surface area contributed by atoms with Crippen molar-refractivity contribution in [1.82, 2.24) is 0 Å². The lowest BCUT2D eigenvalue weighted by atomic mass is 9.95. The molecule has 0 unspecified atom stereocenters. The first-order chi connectivity index (χ1) is 9.10. The van der Waals surface area contributed by atoms with Crippen molar-refractivity contribution < 1.29 is 9.90 Å². The van der Waals surface area contributed by atoms with Crippen molar-refractivity contribution in [3.05, 3.63) is 29.3 Å². The topological polar surface area (TPSA) is 40.5 Å². The Balaban J connectivity index is 1.88. The summed E-state index contributed by atoms with van der Waals surface area (Å²) < 4.78 is 0. The molecule has 1 fully saturated rings. The molecule has 19 heavy (non-hydrogen) atoms. The van der Waals surface area contributed by atoms with E-state index in [-0.39, 0.29) is 5.91 Å². The first-order valence-electron chi connectivity index (χ1n) is 6.82. The maximum Gasteiger partial charge on any atom is 0.259 e. The summed E-state index contributed by atoms with van der Waals surface area (Å²) in [5.74, 6) is 1.64. The molecule has 0 aromatic heterocycles. The van der Waals surface area contributed by atoms with Crippen LogP contribution in [0, 0.1) is 6.92 Å². The molecule has 4 heteroatoms. The van der Waals surface area contributed by atoms with Crippen LogP contribution in [-0.2, 0) is 11.2 Å². The van der Waals surface area contributed by atoms with Crippen LogP contribution in [0.4, 0.5) is 5.69 Å². The minimum absolute atomic E-state index is 0.0999. The number of thioether (sulfide) groups is 1. The van der Waals surface area contributed by atoms with Gasteiger partial charge in [-0.25, -0.2) is 0 Å². The SMILES string of the molecule is Cc1ccc2c(c1)N(C(=O)C1(O)CCSCC1)CC2. The van der Waals surface area contributed by atoms with Gasteiger partial charge in [-0.05, 0) is 54.9 Å². The number of anilines is 1. The smallest absolute Gasteiger partial charge is 0.259 e. The van der Waals surface area contributed by atoms with Gasteiger partial charge < -0.3 is 10.0 Å². The number of nitrogens with zero attached hydrogens (tertiary/aromatic N) is 1. The van der Waals surface area contributed by atoms with Gasteiger partial charge in [0.25, 0.3) is 5.91 Å². The molecule has 1 aromatic rings.